The van der Waals surface area contributed by atoms with Crippen molar-refractivity contribution in [2.24, 2.45) is 17.3 Å². The van der Waals surface area contributed by atoms with Gasteiger partial charge in [-0.05, 0) is 59.3 Å². The zero-order valence-electron chi connectivity index (χ0n) is 17.3. The number of nitriles is 1. The van der Waals surface area contributed by atoms with Crippen molar-refractivity contribution in [1.82, 2.24) is 4.90 Å². The van der Waals surface area contributed by atoms with E-state index in [2.05, 4.69) is 6.07 Å². The van der Waals surface area contributed by atoms with Gasteiger partial charge in [0.25, 0.3) is 0 Å². The van der Waals surface area contributed by atoms with Crippen LogP contribution >= 0.6 is 0 Å². The number of amides is 1. The first-order valence-corrected chi connectivity index (χ1v) is 10.3. The minimum Gasteiger partial charge on any atom is -0.465 e. The second kappa shape index (κ2) is 8.95. The van der Waals surface area contributed by atoms with Crippen LogP contribution in [-0.4, -0.2) is 42.3 Å². The molecule has 1 saturated heterocycles. The average Bonchev–Trinajstić information content (AvgIpc) is 2.62. The summed E-state index contributed by atoms with van der Waals surface area (Å²) in [4.78, 5) is 26.7. The van der Waals surface area contributed by atoms with Gasteiger partial charge in [0.05, 0.1) is 12.7 Å². The zero-order chi connectivity index (χ0) is 20.1. The van der Waals surface area contributed by atoms with E-state index in [0.717, 1.165) is 25.7 Å². The van der Waals surface area contributed by atoms with Gasteiger partial charge in [-0.2, -0.15) is 5.26 Å². The molecule has 1 unspecified atom stereocenters. The van der Waals surface area contributed by atoms with Crippen LogP contribution in [0.5, 0.6) is 0 Å². The molecule has 0 radical (unpaired) electrons. The average molecular weight is 379 g/mol. The summed E-state index contributed by atoms with van der Waals surface area (Å²) in [5.74, 6) is -0.835. The fourth-order valence-electron chi connectivity index (χ4n) is 4.68. The molecule has 0 aromatic heterocycles. The largest absolute Gasteiger partial charge is 0.465 e. The lowest BCUT2D eigenvalue weighted by atomic mass is 9.58. The Balaban J connectivity index is 2.19. The normalized spacial score (nSPS) is 21.8. The molecule has 27 heavy (non-hydrogen) atoms. The minimum atomic E-state index is -0.763. The number of carbonyl (C=O) groups excluding carboxylic acids is 2. The summed E-state index contributed by atoms with van der Waals surface area (Å²) < 4.78 is 10.7. The highest BCUT2D eigenvalue weighted by Gasteiger charge is 2.51. The third-order valence-electron chi connectivity index (χ3n) is 5.99. The van der Waals surface area contributed by atoms with Gasteiger partial charge in [-0.25, -0.2) is 4.79 Å². The molecule has 1 aliphatic carbocycles. The van der Waals surface area contributed by atoms with Crippen molar-refractivity contribution in [3.05, 3.63) is 0 Å². The van der Waals surface area contributed by atoms with Gasteiger partial charge < -0.3 is 14.4 Å². The Labute approximate surface area is 163 Å². The summed E-state index contributed by atoms with van der Waals surface area (Å²) in [6.45, 7) is 8.65. The van der Waals surface area contributed by atoms with Gasteiger partial charge in [-0.15, -0.1) is 0 Å². The molecule has 1 amide bonds. The van der Waals surface area contributed by atoms with Crippen molar-refractivity contribution >= 4 is 12.1 Å². The van der Waals surface area contributed by atoms with Gasteiger partial charge in [0.2, 0.25) is 0 Å². The summed E-state index contributed by atoms with van der Waals surface area (Å²) in [6.07, 6.45) is 6.57. The molecule has 1 atom stereocenters. The molecule has 0 aromatic carbocycles. The van der Waals surface area contributed by atoms with Gasteiger partial charge in [-0.3, -0.25) is 4.79 Å². The minimum absolute atomic E-state index is 0.280. The molecule has 2 fully saturated rings. The van der Waals surface area contributed by atoms with E-state index < -0.39 is 22.9 Å². The number of hydrogen-bond donors (Lipinski definition) is 0. The zero-order valence-corrected chi connectivity index (χ0v) is 17.3. The molecule has 0 spiro atoms. The Hall–Kier alpha value is -1.77. The third kappa shape index (κ3) is 5.15. The summed E-state index contributed by atoms with van der Waals surface area (Å²) in [6, 6.07) is 2.27. The van der Waals surface area contributed by atoms with Crippen LogP contribution < -0.4 is 0 Å². The summed E-state index contributed by atoms with van der Waals surface area (Å²) in [7, 11) is 0. The van der Waals surface area contributed by atoms with Gasteiger partial charge in [0.1, 0.15) is 11.5 Å². The van der Waals surface area contributed by atoms with Crippen LogP contribution in [0.15, 0.2) is 0 Å². The van der Waals surface area contributed by atoms with Crippen molar-refractivity contribution < 1.29 is 19.1 Å². The highest BCUT2D eigenvalue weighted by atomic mass is 16.6. The molecular formula is C21H34N2O4. The van der Waals surface area contributed by atoms with Crippen LogP contribution in [-0.2, 0) is 14.3 Å². The Kier molecular flexibility index (Phi) is 7.13. The summed E-state index contributed by atoms with van der Waals surface area (Å²) in [5.41, 5.74) is -0.935. The van der Waals surface area contributed by atoms with E-state index in [1.807, 2.05) is 20.8 Å². The monoisotopic (exact) mass is 378 g/mol. The lowest BCUT2D eigenvalue weighted by molar-refractivity contribution is -0.154. The molecule has 0 aromatic rings. The van der Waals surface area contributed by atoms with Crippen LogP contribution in [0.25, 0.3) is 0 Å². The number of carbonyl (C=O) groups is 2. The molecule has 6 nitrogen and oxygen atoms in total. The molecule has 1 heterocycles. The van der Waals surface area contributed by atoms with E-state index in [-0.39, 0.29) is 12.7 Å². The summed E-state index contributed by atoms with van der Waals surface area (Å²) >= 11 is 0. The third-order valence-corrected chi connectivity index (χ3v) is 5.99. The maximum Gasteiger partial charge on any atom is 0.410 e. The number of ether oxygens (including phenoxy) is 2. The van der Waals surface area contributed by atoms with E-state index >= 15 is 0 Å². The Morgan fingerprint density at radius 3 is 2.26 bits per heavy atom. The Bertz CT molecular complexity index is 562. The Morgan fingerprint density at radius 2 is 1.78 bits per heavy atom. The standard InChI is InChI=1S/C21H34N2O4/c1-5-26-18(24)17(15-22)21(16-9-7-6-8-10-16)11-13-23(14-12-21)19(25)27-20(2,3)4/h16-17H,5-14H2,1-4H3. The first-order chi connectivity index (χ1) is 12.7. The van der Waals surface area contributed by atoms with Crippen molar-refractivity contribution in [3.63, 3.8) is 0 Å². The predicted octanol–water partition coefficient (Wildman–Crippen LogP) is 4.29. The number of hydrogen-bond acceptors (Lipinski definition) is 5. The second-order valence-electron chi connectivity index (χ2n) is 8.85. The molecule has 0 bridgehead atoms. The lowest BCUT2D eigenvalue weighted by Crippen LogP contribution is -2.52. The molecule has 6 heteroatoms. The predicted molar refractivity (Wildman–Crippen MR) is 102 cm³/mol. The van der Waals surface area contributed by atoms with E-state index in [1.54, 1.807) is 11.8 Å². The van der Waals surface area contributed by atoms with E-state index in [4.69, 9.17) is 9.47 Å². The summed E-state index contributed by atoms with van der Waals surface area (Å²) in [5, 5.41) is 9.84. The first kappa shape index (κ1) is 21.5. The van der Waals surface area contributed by atoms with Crippen LogP contribution in [0.2, 0.25) is 0 Å². The number of likely N-dealkylation sites (tertiary alicyclic amines) is 1. The smallest absolute Gasteiger partial charge is 0.410 e. The van der Waals surface area contributed by atoms with E-state index in [9.17, 15) is 14.9 Å². The van der Waals surface area contributed by atoms with E-state index in [0.29, 0.717) is 31.8 Å². The molecule has 1 saturated carbocycles. The topological polar surface area (TPSA) is 79.6 Å². The second-order valence-corrected chi connectivity index (χ2v) is 8.85. The van der Waals surface area contributed by atoms with Crippen LogP contribution in [0, 0.1) is 28.6 Å². The van der Waals surface area contributed by atoms with Crippen LogP contribution in [0.4, 0.5) is 4.79 Å². The quantitative estimate of drug-likeness (QED) is 0.682. The van der Waals surface area contributed by atoms with Gasteiger partial charge in [0, 0.05) is 18.5 Å². The number of rotatable bonds is 4. The maximum absolute atomic E-state index is 12.6. The molecule has 2 aliphatic rings. The molecule has 152 valence electrons. The lowest BCUT2D eigenvalue weighted by Gasteiger charge is -2.49. The fourth-order valence-corrected chi connectivity index (χ4v) is 4.68. The Morgan fingerprint density at radius 1 is 1.19 bits per heavy atom. The molecular weight excluding hydrogens is 344 g/mol. The van der Waals surface area contributed by atoms with Gasteiger partial charge >= 0.3 is 12.1 Å². The van der Waals surface area contributed by atoms with Crippen molar-refractivity contribution in [2.75, 3.05) is 19.7 Å². The highest BCUT2D eigenvalue weighted by molar-refractivity contribution is 5.76. The van der Waals surface area contributed by atoms with Crippen molar-refractivity contribution in [1.29, 1.82) is 5.26 Å². The molecule has 0 N–H and O–H groups in total. The van der Waals surface area contributed by atoms with Crippen LogP contribution in [0.3, 0.4) is 0 Å². The fraction of sp³-hybridized carbons (Fsp3) is 0.857. The number of esters is 1. The number of nitrogens with zero attached hydrogens (tertiary/aromatic N) is 2. The van der Waals surface area contributed by atoms with Crippen molar-refractivity contribution in [2.45, 2.75) is 78.2 Å². The molecule has 2 rings (SSSR count). The van der Waals surface area contributed by atoms with Crippen molar-refractivity contribution in [3.8, 4) is 6.07 Å². The molecule has 1 aliphatic heterocycles. The first-order valence-electron chi connectivity index (χ1n) is 10.3. The SMILES string of the molecule is CCOC(=O)C(C#N)C1(C2CCCCC2)CCN(C(=O)OC(C)(C)C)CC1. The number of piperidine rings is 1. The highest BCUT2D eigenvalue weighted by Crippen LogP contribution is 2.51. The van der Waals surface area contributed by atoms with Crippen LogP contribution in [0.1, 0.15) is 72.6 Å². The van der Waals surface area contributed by atoms with Gasteiger partial charge in [0.15, 0.2) is 0 Å². The van der Waals surface area contributed by atoms with Gasteiger partial charge in [-0.1, -0.05) is 19.3 Å². The van der Waals surface area contributed by atoms with E-state index in [1.165, 1.54) is 6.42 Å². The maximum atomic E-state index is 12.6.